The van der Waals surface area contributed by atoms with Gasteiger partial charge in [0.1, 0.15) is 0 Å². The van der Waals surface area contributed by atoms with E-state index in [1.165, 1.54) is 11.0 Å². The van der Waals surface area contributed by atoms with Crippen LogP contribution < -0.4 is 10.7 Å². The molecule has 1 aliphatic heterocycles. The number of likely N-dealkylation sites (N-methyl/N-ethyl adjacent to an activating group) is 1. The molecule has 2 aromatic rings. The summed E-state index contributed by atoms with van der Waals surface area (Å²) in [5.41, 5.74) is 1.22. The van der Waals surface area contributed by atoms with Crippen molar-refractivity contribution in [2.75, 3.05) is 25.0 Å². The zero-order valence-corrected chi connectivity index (χ0v) is 14.5. The van der Waals surface area contributed by atoms with Crippen molar-refractivity contribution in [2.24, 2.45) is 0 Å². The summed E-state index contributed by atoms with van der Waals surface area (Å²) in [6.07, 6.45) is 2.85. The van der Waals surface area contributed by atoms with Crippen LogP contribution in [0.1, 0.15) is 35.0 Å². The van der Waals surface area contributed by atoms with Gasteiger partial charge in [-0.3, -0.25) is 9.59 Å². The highest BCUT2D eigenvalue weighted by molar-refractivity contribution is 6.01. The predicted molar refractivity (Wildman–Crippen MR) is 95.1 cm³/mol. The van der Waals surface area contributed by atoms with Gasteiger partial charge in [0.25, 0.3) is 5.91 Å². The Hall–Kier alpha value is -3.16. The molecule has 1 atom stereocenters. The van der Waals surface area contributed by atoms with E-state index in [-0.39, 0.29) is 17.7 Å². The average Bonchev–Trinajstić information content (AvgIpc) is 3.13. The molecular weight excluding hydrogens is 336 g/mol. The van der Waals surface area contributed by atoms with Crippen LogP contribution >= 0.6 is 0 Å². The summed E-state index contributed by atoms with van der Waals surface area (Å²) in [5, 5.41) is 6.13. The van der Waals surface area contributed by atoms with Crippen LogP contribution in [-0.2, 0) is 4.79 Å². The van der Waals surface area contributed by atoms with E-state index >= 15 is 0 Å². The largest absolute Gasteiger partial charge is 0.434 e. The second-order valence-corrected chi connectivity index (χ2v) is 6.19. The van der Waals surface area contributed by atoms with Crippen LogP contribution in [0.25, 0.3) is 0 Å². The van der Waals surface area contributed by atoms with Crippen molar-refractivity contribution in [1.29, 1.82) is 0 Å². The Morgan fingerprint density at radius 3 is 2.73 bits per heavy atom. The van der Waals surface area contributed by atoms with Gasteiger partial charge in [-0.15, -0.1) is 5.10 Å². The number of nitrogens with zero attached hydrogens (tertiary/aromatic N) is 3. The minimum absolute atomic E-state index is 0.0951. The molecule has 1 fully saturated rings. The van der Waals surface area contributed by atoms with Crippen molar-refractivity contribution in [2.45, 2.75) is 18.8 Å². The first-order valence-electron chi connectivity index (χ1n) is 8.34. The van der Waals surface area contributed by atoms with Gasteiger partial charge < -0.3 is 14.2 Å². The molecule has 2 heterocycles. The van der Waals surface area contributed by atoms with Crippen molar-refractivity contribution in [3.8, 4) is 0 Å². The lowest BCUT2D eigenvalue weighted by Crippen LogP contribution is -2.39. The molecule has 8 nitrogen and oxygen atoms in total. The van der Waals surface area contributed by atoms with Crippen molar-refractivity contribution >= 4 is 17.5 Å². The SMILES string of the molecule is C=CC(=O)N(C)c1ccc(C(=O)N2CCCC(c3n[nH]c(=O)o3)C2)cc1. The lowest BCUT2D eigenvalue weighted by atomic mass is 9.97. The van der Waals surface area contributed by atoms with E-state index in [9.17, 15) is 14.4 Å². The van der Waals surface area contributed by atoms with Crippen LogP contribution in [0.2, 0.25) is 0 Å². The highest BCUT2D eigenvalue weighted by Crippen LogP contribution is 2.26. The molecule has 0 saturated carbocycles. The number of aromatic nitrogens is 2. The summed E-state index contributed by atoms with van der Waals surface area (Å²) in [7, 11) is 1.65. The van der Waals surface area contributed by atoms with Gasteiger partial charge in [0.05, 0.1) is 5.92 Å². The minimum Gasteiger partial charge on any atom is -0.392 e. The fourth-order valence-corrected chi connectivity index (χ4v) is 3.05. The Morgan fingerprint density at radius 1 is 1.38 bits per heavy atom. The number of hydrogen-bond acceptors (Lipinski definition) is 5. The topological polar surface area (TPSA) is 99.5 Å². The highest BCUT2D eigenvalue weighted by Gasteiger charge is 2.28. The summed E-state index contributed by atoms with van der Waals surface area (Å²) in [5.74, 6) is -0.660. The van der Waals surface area contributed by atoms with E-state index in [1.807, 2.05) is 0 Å². The number of nitrogens with one attached hydrogen (secondary N) is 1. The Morgan fingerprint density at radius 2 is 2.12 bits per heavy atom. The van der Waals surface area contributed by atoms with Crippen LogP contribution in [0.15, 0.2) is 46.1 Å². The smallest absolute Gasteiger partial charge is 0.392 e. The molecule has 1 aliphatic rings. The van der Waals surface area contributed by atoms with Crippen molar-refractivity contribution in [3.63, 3.8) is 0 Å². The molecule has 26 heavy (non-hydrogen) atoms. The number of H-pyrrole nitrogens is 1. The number of amides is 2. The first-order chi connectivity index (χ1) is 12.5. The van der Waals surface area contributed by atoms with E-state index in [2.05, 4.69) is 16.8 Å². The third kappa shape index (κ3) is 3.58. The lowest BCUT2D eigenvalue weighted by Gasteiger charge is -2.31. The molecule has 8 heteroatoms. The zero-order valence-electron chi connectivity index (χ0n) is 14.5. The van der Waals surface area contributed by atoms with Gasteiger partial charge in [-0.2, -0.15) is 0 Å². The van der Waals surface area contributed by atoms with E-state index in [1.54, 1.807) is 36.2 Å². The van der Waals surface area contributed by atoms with E-state index in [0.29, 0.717) is 30.2 Å². The van der Waals surface area contributed by atoms with Gasteiger partial charge in [0, 0.05) is 31.4 Å². The third-order valence-electron chi connectivity index (χ3n) is 4.52. The quantitative estimate of drug-likeness (QED) is 0.838. The molecule has 0 aliphatic carbocycles. The van der Waals surface area contributed by atoms with Crippen LogP contribution in [0.5, 0.6) is 0 Å². The molecular formula is C18H20N4O4. The molecule has 1 aromatic heterocycles. The summed E-state index contributed by atoms with van der Waals surface area (Å²) >= 11 is 0. The normalized spacial score (nSPS) is 17.0. The molecule has 0 radical (unpaired) electrons. The second-order valence-electron chi connectivity index (χ2n) is 6.19. The molecule has 3 rings (SSSR count). The monoisotopic (exact) mass is 356 g/mol. The number of aromatic amines is 1. The Bertz CT molecular complexity index is 868. The van der Waals surface area contributed by atoms with Crippen molar-refractivity contribution in [3.05, 3.63) is 58.9 Å². The van der Waals surface area contributed by atoms with Crippen LogP contribution in [0.3, 0.4) is 0 Å². The lowest BCUT2D eigenvalue weighted by molar-refractivity contribution is -0.113. The van der Waals surface area contributed by atoms with Gasteiger partial charge in [0.2, 0.25) is 11.8 Å². The van der Waals surface area contributed by atoms with Gasteiger partial charge in [-0.25, -0.2) is 9.89 Å². The fourth-order valence-electron chi connectivity index (χ4n) is 3.05. The molecule has 0 spiro atoms. The predicted octanol–water partition coefficient (Wildman–Crippen LogP) is 1.53. The fraction of sp³-hybridized carbons (Fsp3) is 0.333. The van der Waals surface area contributed by atoms with Crippen molar-refractivity contribution < 1.29 is 14.0 Å². The first kappa shape index (κ1) is 17.7. The number of piperidine rings is 1. The Labute approximate surface area is 150 Å². The number of carbonyl (C=O) groups is 2. The number of likely N-dealkylation sites (tertiary alicyclic amines) is 1. The number of rotatable bonds is 4. The van der Waals surface area contributed by atoms with Crippen molar-refractivity contribution in [1.82, 2.24) is 15.1 Å². The van der Waals surface area contributed by atoms with E-state index < -0.39 is 5.76 Å². The number of carbonyl (C=O) groups excluding carboxylic acids is 2. The summed E-state index contributed by atoms with van der Waals surface area (Å²) < 4.78 is 5.03. The minimum atomic E-state index is -0.586. The molecule has 1 saturated heterocycles. The number of hydrogen-bond donors (Lipinski definition) is 1. The highest BCUT2D eigenvalue weighted by atomic mass is 16.4. The molecule has 1 N–H and O–H groups in total. The standard InChI is InChI=1S/C18H20N4O4/c1-3-15(23)21(2)14-8-6-12(7-9-14)17(24)22-10-4-5-13(11-22)16-19-20-18(25)26-16/h3,6-9,13H,1,4-5,10-11H2,2H3,(H,20,25). The van der Waals surface area contributed by atoms with Gasteiger partial charge in [-0.05, 0) is 43.2 Å². The summed E-state index contributed by atoms with van der Waals surface area (Å²) in [6, 6.07) is 6.84. The molecule has 1 unspecified atom stereocenters. The molecule has 0 bridgehead atoms. The average molecular weight is 356 g/mol. The van der Waals surface area contributed by atoms with Crippen LogP contribution in [0.4, 0.5) is 5.69 Å². The first-order valence-corrected chi connectivity index (χ1v) is 8.34. The van der Waals surface area contributed by atoms with Gasteiger partial charge in [-0.1, -0.05) is 6.58 Å². The zero-order chi connectivity index (χ0) is 18.7. The summed E-state index contributed by atoms with van der Waals surface area (Å²) in [4.78, 5) is 38.7. The van der Waals surface area contributed by atoms with Crippen LogP contribution in [-0.4, -0.2) is 47.0 Å². The number of benzene rings is 1. The molecule has 2 amide bonds. The maximum atomic E-state index is 12.8. The second kappa shape index (κ2) is 7.38. The molecule has 136 valence electrons. The van der Waals surface area contributed by atoms with Gasteiger partial charge in [0.15, 0.2) is 0 Å². The third-order valence-corrected chi connectivity index (χ3v) is 4.52. The molecule has 1 aromatic carbocycles. The number of anilines is 1. The van der Waals surface area contributed by atoms with Crippen LogP contribution in [0, 0.1) is 0 Å². The maximum absolute atomic E-state index is 12.8. The van der Waals surface area contributed by atoms with E-state index in [4.69, 9.17) is 4.42 Å². The Balaban J connectivity index is 1.71. The van der Waals surface area contributed by atoms with Gasteiger partial charge >= 0.3 is 5.76 Å². The Kier molecular flexibility index (Phi) is 5.01. The summed E-state index contributed by atoms with van der Waals surface area (Å²) in [6.45, 7) is 4.55. The maximum Gasteiger partial charge on any atom is 0.434 e. The van der Waals surface area contributed by atoms with E-state index in [0.717, 1.165) is 12.8 Å².